The summed E-state index contributed by atoms with van der Waals surface area (Å²) in [5.74, 6) is 1.90. The molecule has 1 fully saturated rings. The number of rotatable bonds is 6. The highest BCUT2D eigenvalue weighted by Crippen LogP contribution is 2.23. The molecule has 1 aliphatic heterocycles. The fourth-order valence-corrected chi connectivity index (χ4v) is 1.79. The van der Waals surface area contributed by atoms with E-state index in [1.165, 1.54) is 0 Å². The predicted molar refractivity (Wildman–Crippen MR) is 73.4 cm³/mol. The lowest BCUT2D eigenvalue weighted by atomic mass is 10.1. The third-order valence-electron chi connectivity index (χ3n) is 2.91. The van der Waals surface area contributed by atoms with Crippen LogP contribution in [-0.4, -0.2) is 31.4 Å². The maximum absolute atomic E-state index is 5.83. The van der Waals surface area contributed by atoms with Gasteiger partial charge in [-0.25, -0.2) is 0 Å². The monoisotopic (exact) mass is 266 g/mol. The van der Waals surface area contributed by atoms with E-state index in [1.54, 1.807) is 12.1 Å². The lowest BCUT2D eigenvalue weighted by molar-refractivity contribution is 0.165. The molecule has 1 unspecified atom stereocenters. The number of aromatic nitrogens is 1. The second-order valence-corrected chi connectivity index (χ2v) is 5.29. The second kappa shape index (κ2) is 6.61. The molecular weight excluding hydrogens is 244 g/mol. The molecule has 2 heterocycles. The number of pyridine rings is 1. The standard InChI is InChI=1S/C14H22N2O3/c1-10(2)7-19-14-12(15)3-4-13(16-14)18-9-11-5-6-17-8-11/h3-4,10-11H,5-9,15H2,1-2H3. The van der Waals surface area contributed by atoms with E-state index in [9.17, 15) is 0 Å². The van der Waals surface area contributed by atoms with Gasteiger partial charge in [0.15, 0.2) is 0 Å². The molecule has 1 saturated heterocycles. The van der Waals surface area contributed by atoms with Gasteiger partial charge >= 0.3 is 0 Å². The van der Waals surface area contributed by atoms with Crippen LogP contribution >= 0.6 is 0 Å². The van der Waals surface area contributed by atoms with Crippen LogP contribution in [-0.2, 0) is 4.74 Å². The lowest BCUT2D eigenvalue weighted by Gasteiger charge is -2.13. The number of hydrogen-bond acceptors (Lipinski definition) is 5. The summed E-state index contributed by atoms with van der Waals surface area (Å²) in [5, 5.41) is 0. The Kier molecular flexibility index (Phi) is 4.85. The maximum atomic E-state index is 5.83. The minimum absolute atomic E-state index is 0.432. The highest BCUT2D eigenvalue weighted by molar-refractivity contribution is 5.49. The molecule has 0 spiro atoms. The van der Waals surface area contributed by atoms with E-state index < -0.39 is 0 Å². The van der Waals surface area contributed by atoms with E-state index in [1.807, 2.05) is 0 Å². The van der Waals surface area contributed by atoms with Crippen molar-refractivity contribution in [2.24, 2.45) is 11.8 Å². The minimum atomic E-state index is 0.432. The molecule has 2 rings (SSSR count). The summed E-state index contributed by atoms with van der Waals surface area (Å²) < 4.78 is 16.5. The molecule has 0 saturated carbocycles. The Bertz CT molecular complexity index is 404. The van der Waals surface area contributed by atoms with Gasteiger partial charge in [-0.05, 0) is 18.4 Å². The van der Waals surface area contributed by atoms with Crippen LogP contribution in [0.3, 0.4) is 0 Å². The zero-order valence-corrected chi connectivity index (χ0v) is 11.6. The van der Waals surface area contributed by atoms with Crippen LogP contribution in [0.15, 0.2) is 12.1 Å². The third-order valence-corrected chi connectivity index (χ3v) is 2.91. The zero-order chi connectivity index (χ0) is 13.7. The van der Waals surface area contributed by atoms with E-state index in [0.29, 0.717) is 42.5 Å². The molecule has 5 heteroatoms. The number of anilines is 1. The molecule has 0 amide bonds. The Hall–Kier alpha value is -1.49. The van der Waals surface area contributed by atoms with Crippen LogP contribution in [0.4, 0.5) is 5.69 Å². The van der Waals surface area contributed by atoms with Crippen molar-refractivity contribution in [3.8, 4) is 11.8 Å². The first kappa shape index (κ1) is 13.9. The summed E-state index contributed by atoms with van der Waals surface area (Å²) in [4.78, 5) is 4.29. The van der Waals surface area contributed by atoms with Crippen molar-refractivity contribution in [1.29, 1.82) is 0 Å². The first-order chi connectivity index (χ1) is 9.15. The molecule has 1 aromatic heterocycles. The summed E-state index contributed by atoms with van der Waals surface area (Å²) in [6, 6.07) is 3.54. The molecule has 0 bridgehead atoms. The van der Waals surface area contributed by atoms with Crippen LogP contribution < -0.4 is 15.2 Å². The maximum Gasteiger partial charge on any atom is 0.240 e. The van der Waals surface area contributed by atoms with E-state index in [0.717, 1.165) is 19.6 Å². The largest absolute Gasteiger partial charge is 0.477 e. The first-order valence-corrected chi connectivity index (χ1v) is 6.75. The van der Waals surface area contributed by atoms with Gasteiger partial charge in [-0.3, -0.25) is 0 Å². The zero-order valence-electron chi connectivity index (χ0n) is 11.6. The second-order valence-electron chi connectivity index (χ2n) is 5.29. The summed E-state index contributed by atoms with van der Waals surface area (Å²) >= 11 is 0. The summed E-state index contributed by atoms with van der Waals surface area (Å²) in [6.45, 7) is 6.97. The molecule has 0 radical (unpaired) electrons. The molecule has 1 aromatic rings. The molecule has 5 nitrogen and oxygen atoms in total. The number of nitrogens with two attached hydrogens (primary N) is 1. The van der Waals surface area contributed by atoms with Crippen molar-refractivity contribution in [2.75, 3.05) is 32.2 Å². The van der Waals surface area contributed by atoms with Gasteiger partial charge in [0.25, 0.3) is 0 Å². The van der Waals surface area contributed by atoms with Crippen molar-refractivity contribution in [3.05, 3.63) is 12.1 Å². The van der Waals surface area contributed by atoms with Gasteiger partial charge < -0.3 is 19.9 Å². The van der Waals surface area contributed by atoms with Gasteiger partial charge in [-0.1, -0.05) is 13.8 Å². The molecule has 106 valence electrons. The Morgan fingerprint density at radius 2 is 2.26 bits per heavy atom. The van der Waals surface area contributed by atoms with Crippen molar-refractivity contribution in [1.82, 2.24) is 4.98 Å². The normalized spacial score (nSPS) is 18.8. The van der Waals surface area contributed by atoms with Gasteiger partial charge in [0.05, 0.1) is 25.5 Å². The van der Waals surface area contributed by atoms with Gasteiger partial charge in [-0.2, -0.15) is 4.98 Å². The summed E-state index contributed by atoms with van der Waals surface area (Å²) in [5.41, 5.74) is 6.37. The van der Waals surface area contributed by atoms with Gasteiger partial charge in [0, 0.05) is 18.6 Å². The average molecular weight is 266 g/mol. The quantitative estimate of drug-likeness (QED) is 0.854. The third kappa shape index (κ3) is 4.28. The Morgan fingerprint density at radius 1 is 1.42 bits per heavy atom. The van der Waals surface area contributed by atoms with Crippen LogP contribution in [0.25, 0.3) is 0 Å². The predicted octanol–water partition coefficient (Wildman–Crippen LogP) is 2.11. The van der Waals surface area contributed by atoms with Gasteiger partial charge in [0.1, 0.15) is 0 Å². The molecular formula is C14H22N2O3. The van der Waals surface area contributed by atoms with Gasteiger partial charge in [0.2, 0.25) is 11.8 Å². The molecule has 1 aliphatic rings. The molecule has 1 atom stereocenters. The van der Waals surface area contributed by atoms with Crippen molar-refractivity contribution < 1.29 is 14.2 Å². The fourth-order valence-electron chi connectivity index (χ4n) is 1.79. The highest BCUT2D eigenvalue weighted by Gasteiger charge is 2.16. The summed E-state index contributed by atoms with van der Waals surface area (Å²) in [6.07, 6.45) is 1.05. The van der Waals surface area contributed by atoms with Crippen molar-refractivity contribution in [3.63, 3.8) is 0 Å². The van der Waals surface area contributed by atoms with Crippen LogP contribution in [0, 0.1) is 11.8 Å². The minimum Gasteiger partial charge on any atom is -0.477 e. The average Bonchev–Trinajstić information content (AvgIpc) is 2.89. The van der Waals surface area contributed by atoms with Crippen LogP contribution in [0.5, 0.6) is 11.8 Å². The number of ether oxygens (including phenoxy) is 3. The Balaban J connectivity index is 1.91. The number of hydrogen-bond donors (Lipinski definition) is 1. The topological polar surface area (TPSA) is 66.6 Å². The Labute approximate surface area is 114 Å². The van der Waals surface area contributed by atoms with E-state index in [2.05, 4.69) is 18.8 Å². The molecule has 0 aromatic carbocycles. The lowest BCUT2D eigenvalue weighted by Crippen LogP contribution is -2.13. The molecule has 2 N–H and O–H groups in total. The highest BCUT2D eigenvalue weighted by atomic mass is 16.5. The number of nitrogen functional groups attached to an aromatic ring is 1. The molecule has 0 aliphatic carbocycles. The first-order valence-electron chi connectivity index (χ1n) is 6.75. The fraction of sp³-hybridized carbons (Fsp3) is 0.643. The summed E-state index contributed by atoms with van der Waals surface area (Å²) in [7, 11) is 0. The smallest absolute Gasteiger partial charge is 0.240 e. The number of nitrogens with zero attached hydrogens (tertiary/aromatic N) is 1. The van der Waals surface area contributed by atoms with Crippen LogP contribution in [0.2, 0.25) is 0 Å². The van der Waals surface area contributed by atoms with Crippen molar-refractivity contribution >= 4 is 5.69 Å². The van der Waals surface area contributed by atoms with Crippen LogP contribution in [0.1, 0.15) is 20.3 Å². The van der Waals surface area contributed by atoms with Crippen molar-refractivity contribution in [2.45, 2.75) is 20.3 Å². The van der Waals surface area contributed by atoms with E-state index in [4.69, 9.17) is 19.9 Å². The van der Waals surface area contributed by atoms with E-state index in [-0.39, 0.29) is 0 Å². The Morgan fingerprint density at radius 3 is 2.95 bits per heavy atom. The van der Waals surface area contributed by atoms with Gasteiger partial charge in [-0.15, -0.1) is 0 Å². The SMILES string of the molecule is CC(C)COc1nc(OCC2CCOC2)ccc1N. The molecule has 19 heavy (non-hydrogen) atoms. The van der Waals surface area contributed by atoms with E-state index >= 15 is 0 Å².